The van der Waals surface area contributed by atoms with Crippen LogP contribution in [0.15, 0.2) is 18.2 Å². The molecule has 0 heterocycles. The average molecular weight is 255 g/mol. The van der Waals surface area contributed by atoms with Gasteiger partial charge in [0.25, 0.3) is 5.91 Å². The molecule has 0 radical (unpaired) electrons. The van der Waals surface area contributed by atoms with Gasteiger partial charge in [0.2, 0.25) is 0 Å². The molecule has 1 rings (SSSR count). The monoisotopic (exact) mass is 255 g/mol. The third kappa shape index (κ3) is 3.53. The molecule has 1 aromatic rings. The summed E-state index contributed by atoms with van der Waals surface area (Å²) in [5.41, 5.74) is 0.786. The number of methoxy groups -OCH3 is 1. The minimum absolute atomic E-state index is 0.151. The molecule has 0 fully saturated rings. The first-order valence-electron chi connectivity index (χ1n) is 5.25. The number of halogens is 1. The molecule has 0 aliphatic rings. The standard InChI is InChI=1S/C12H14FNO4/c1-7-5-8(13)3-4-9(7)11(15)14-6-10(18-2)12(16)17/h3-5,10H,6H2,1-2H3,(H,14,15)(H,16,17). The van der Waals surface area contributed by atoms with Crippen LogP contribution in [0.3, 0.4) is 0 Å². The Labute approximate surface area is 104 Å². The topological polar surface area (TPSA) is 75.6 Å². The van der Waals surface area contributed by atoms with E-state index in [1.165, 1.54) is 25.3 Å². The second-order valence-electron chi connectivity index (χ2n) is 3.73. The van der Waals surface area contributed by atoms with Crippen molar-refractivity contribution in [1.82, 2.24) is 5.32 Å². The number of carbonyl (C=O) groups is 2. The Hall–Kier alpha value is -1.95. The van der Waals surface area contributed by atoms with Crippen LogP contribution in [0, 0.1) is 12.7 Å². The summed E-state index contributed by atoms with van der Waals surface area (Å²) < 4.78 is 17.5. The van der Waals surface area contributed by atoms with Crippen molar-refractivity contribution in [3.8, 4) is 0 Å². The normalized spacial score (nSPS) is 11.9. The fraction of sp³-hybridized carbons (Fsp3) is 0.333. The largest absolute Gasteiger partial charge is 0.479 e. The van der Waals surface area contributed by atoms with Gasteiger partial charge >= 0.3 is 5.97 Å². The summed E-state index contributed by atoms with van der Waals surface area (Å²) in [6, 6.07) is 3.76. The summed E-state index contributed by atoms with van der Waals surface area (Å²) in [7, 11) is 1.24. The highest BCUT2D eigenvalue weighted by atomic mass is 19.1. The van der Waals surface area contributed by atoms with E-state index in [1.807, 2.05) is 0 Å². The molecule has 98 valence electrons. The Morgan fingerprint density at radius 1 is 1.50 bits per heavy atom. The van der Waals surface area contributed by atoms with Gasteiger partial charge in [0.15, 0.2) is 6.10 Å². The molecule has 0 aliphatic carbocycles. The fourth-order valence-corrected chi connectivity index (χ4v) is 1.43. The Balaban J connectivity index is 2.68. The number of carbonyl (C=O) groups excluding carboxylic acids is 1. The van der Waals surface area contributed by atoms with Crippen LogP contribution in [0.4, 0.5) is 4.39 Å². The fourth-order valence-electron chi connectivity index (χ4n) is 1.43. The van der Waals surface area contributed by atoms with E-state index < -0.39 is 23.8 Å². The van der Waals surface area contributed by atoms with Crippen molar-refractivity contribution in [2.45, 2.75) is 13.0 Å². The molecular weight excluding hydrogens is 241 g/mol. The van der Waals surface area contributed by atoms with Crippen molar-refractivity contribution in [2.75, 3.05) is 13.7 Å². The van der Waals surface area contributed by atoms with Crippen molar-refractivity contribution in [3.05, 3.63) is 35.1 Å². The van der Waals surface area contributed by atoms with E-state index in [0.29, 0.717) is 11.1 Å². The quantitative estimate of drug-likeness (QED) is 0.821. The lowest BCUT2D eigenvalue weighted by atomic mass is 10.1. The summed E-state index contributed by atoms with van der Waals surface area (Å²) in [6.07, 6.45) is -1.10. The summed E-state index contributed by atoms with van der Waals surface area (Å²) in [6.45, 7) is 1.45. The molecule has 0 saturated carbocycles. The molecule has 1 unspecified atom stereocenters. The lowest BCUT2D eigenvalue weighted by Crippen LogP contribution is -2.38. The molecule has 5 nitrogen and oxygen atoms in total. The zero-order valence-electron chi connectivity index (χ0n) is 10.1. The van der Waals surface area contributed by atoms with Crippen LogP contribution in [0.1, 0.15) is 15.9 Å². The number of hydrogen-bond acceptors (Lipinski definition) is 3. The van der Waals surface area contributed by atoms with Gasteiger partial charge in [-0.15, -0.1) is 0 Å². The Morgan fingerprint density at radius 3 is 2.67 bits per heavy atom. The van der Waals surface area contributed by atoms with Gasteiger partial charge in [-0.2, -0.15) is 0 Å². The first-order chi connectivity index (χ1) is 8.45. The van der Waals surface area contributed by atoms with E-state index in [4.69, 9.17) is 5.11 Å². The summed E-state index contributed by atoms with van der Waals surface area (Å²) in [4.78, 5) is 22.4. The minimum Gasteiger partial charge on any atom is -0.479 e. The molecule has 0 aliphatic heterocycles. The Bertz CT molecular complexity index is 461. The molecule has 0 aromatic heterocycles. The number of ether oxygens (including phenoxy) is 1. The van der Waals surface area contributed by atoms with Crippen LogP contribution >= 0.6 is 0 Å². The zero-order valence-corrected chi connectivity index (χ0v) is 10.1. The van der Waals surface area contributed by atoms with E-state index in [0.717, 1.165) is 0 Å². The second kappa shape index (κ2) is 6.11. The van der Waals surface area contributed by atoms with Crippen molar-refractivity contribution in [1.29, 1.82) is 0 Å². The first-order valence-corrected chi connectivity index (χ1v) is 5.25. The number of rotatable bonds is 5. The van der Waals surface area contributed by atoms with E-state index in [1.54, 1.807) is 6.92 Å². The van der Waals surface area contributed by atoms with E-state index in [9.17, 15) is 14.0 Å². The average Bonchev–Trinajstić information content (AvgIpc) is 2.28. The number of amides is 1. The molecule has 1 aromatic carbocycles. The van der Waals surface area contributed by atoms with E-state index in [2.05, 4.69) is 10.1 Å². The molecule has 18 heavy (non-hydrogen) atoms. The van der Waals surface area contributed by atoms with Gasteiger partial charge < -0.3 is 15.2 Å². The number of benzene rings is 1. The predicted molar refractivity (Wildman–Crippen MR) is 61.9 cm³/mol. The number of hydrogen-bond donors (Lipinski definition) is 2. The van der Waals surface area contributed by atoms with E-state index in [-0.39, 0.29) is 6.54 Å². The van der Waals surface area contributed by atoms with Crippen LogP contribution in [0.25, 0.3) is 0 Å². The van der Waals surface area contributed by atoms with Crippen LogP contribution in [-0.2, 0) is 9.53 Å². The SMILES string of the molecule is COC(CNC(=O)c1ccc(F)cc1C)C(=O)O. The van der Waals surface area contributed by atoms with Gasteiger partial charge in [0.1, 0.15) is 5.82 Å². The molecule has 1 atom stereocenters. The Kier molecular flexibility index (Phi) is 4.79. The third-order valence-electron chi connectivity index (χ3n) is 2.44. The third-order valence-corrected chi connectivity index (χ3v) is 2.44. The maximum Gasteiger partial charge on any atom is 0.334 e. The summed E-state index contributed by atoms with van der Waals surface area (Å²) in [5.74, 6) is -2.05. The van der Waals surface area contributed by atoms with Gasteiger partial charge in [-0.25, -0.2) is 9.18 Å². The summed E-state index contributed by atoms with van der Waals surface area (Å²) >= 11 is 0. The molecule has 0 spiro atoms. The lowest BCUT2D eigenvalue weighted by Gasteiger charge is -2.12. The highest BCUT2D eigenvalue weighted by Crippen LogP contribution is 2.09. The number of carboxylic acid groups (broad SMARTS) is 1. The highest BCUT2D eigenvalue weighted by molar-refractivity contribution is 5.95. The van der Waals surface area contributed by atoms with Crippen molar-refractivity contribution in [3.63, 3.8) is 0 Å². The summed E-state index contributed by atoms with van der Waals surface area (Å²) in [5, 5.41) is 11.1. The van der Waals surface area contributed by atoms with Gasteiger partial charge in [0, 0.05) is 12.7 Å². The molecular formula is C12H14FNO4. The zero-order chi connectivity index (χ0) is 13.7. The number of aliphatic carboxylic acids is 1. The van der Waals surface area contributed by atoms with Gasteiger partial charge in [-0.3, -0.25) is 4.79 Å². The van der Waals surface area contributed by atoms with Crippen molar-refractivity contribution < 1.29 is 23.8 Å². The molecule has 6 heteroatoms. The maximum atomic E-state index is 12.9. The van der Waals surface area contributed by atoms with Crippen molar-refractivity contribution in [2.24, 2.45) is 0 Å². The van der Waals surface area contributed by atoms with Gasteiger partial charge in [-0.05, 0) is 30.7 Å². The van der Waals surface area contributed by atoms with Crippen LogP contribution in [-0.4, -0.2) is 36.7 Å². The molecule has 1 amide bonds. The smallest absolute Gasteiger partial charge is 0.334 e. The molecule has 2 N–H and O–H groups in total. The van der Waals surface area contributed by atoms with Crippen LogP contribution in [0.2, 0.25) is 0 Å². The molecule has 0 saturated heterocycles. The first kappa shape index (κ1) is 14.1. The van der Waals surface area contributed by atoms with Gasteiger partial charge in [0.05, 0.1) is 6.54 Å². The Morgan fingerprint density at radius 2 is 2.17 bits per heavy atom. The second-order valence-corrected chi connectivity index (χ2v) is 3.73. The van der Waals surface area contributed by atoms with E-state index >= 15 is 0 Å². The highest BCUT2D eigenvalue weighted by Gasteiger charge is 2.18. The number of nitrogens with one attached hydrogen (secondary N) is 1. The van der Waals surface area contributed by atoms with Gasteiger partial charge in [-0.1, -0.05) is 0 Å². The van der Waals surface area contributed by atoms with Crippen LogP contribution in [0.5, 0.6) is 0 Å². The maximum absolute atomic E-state index is 12.9. The van der Waals surface area contributed by atoms with Crippen LogP contribution < -0.4 is 5.32 Å². The predicted octanol–water partition coefficient (Wildman–Crippen LogP) is 0.964. The lowest BCUT2D eigenvalue weighted by molar-refractivity contribution is -0.148. The minimum atomic E-state index is -1.16. The number of carboxylic acids is 1. The van der Waals surface area contributed by atoms with Crippen molar-refractivity contribution >= 4 is 11.9 Å². The number of aryl methyl sites for hydroxylation is 1. The molecule has 0 bridgehead atoms.